The molecule has 1 N–H and O–H groups in total. The molecule has 8 heteroatoms. The van der Waals surface area contributed by atoms with Gasteiger partial charge in [-0.3, -0.25) is 4.79 Å². The molecule has 1 unspecified atom stereocenters. The lowest BCUT2D eigenvalue weighted by molar-refractivity contribution is -0.124. The molecule has 0 saturated carbocycles. The highest BCUT2D eigenvalue weighted by Crippen LogP contribution is 2.19. The number of fused-ring (bicyclic) bond motifs is 1. The second-order valence-corrected chi connectivity index (χ2v) is 5.86. The minimum absolute atomic E-state index is 0.205. The molecular formula is C20H18N2O6. The Hall–Kier alpha value is -3.68. The van der Waals surface area contributed by atoms with Crippen molar-refractivity contribution in [3.8, 4) is 0 Å². The summed E-state index contributed by atoms with van der Waals surface area (Å²) in [5, 5.41) is 2.61. The average Bonchev–Trinajstić information content (AvgIpc) is 3.19. The topological polar surface area (TPSA) is 108 Å². The molecule has 0 fully saturated rings. The molecule has 0 radical (unpaired) electrons. The van der Waals surface area contributed by atoms with E-state index in [1.54, 1.807) is 31.2 Å². The first-order chi connectivity index (χ1) is 13.5. The van der Waals surface area contributed by atoms with Gasteiger partial charge in [-0.15, -0.1) is 0 Å². The zero-order valence-electron chi connectivity index (χ0n) is 15.3. The molecule has 1 amide bonds. The Bertz CT molecular complexity index is 1030. The predicted octanol–water partition coefficient (Wildman–Crippen LogP) is 3.19. The maximum Gasteiger partial charge on any atom is 0.339 e. The average molecular weight is 382 g/mol. The number of nitrogens with zero attached hydrogens (tertiary/aromatic N) is 1. The number of esters is 2. The lowest BCUT2D eigenvalue weighted by Gasteiger charge is -2.17. The lowest BCUT2D eigenvalue weighted by Crippen LogP contribution is -2.32. The Morgan fingerprint density at radius 2 is 1.93 bits per heavy atom. The maximum atomic E-state index is 12.6. The predicted molar refractivity (Wildman–Crippen MR) is 99.9 cm³/mol. The van der Waals surface area contributed by atoms with E-state index in [4.69, 9.17) is 13.9 Å². The molecule has 0 spiro atoms. The first-order valence-electron chi connectivity index (χ1n) is 8.56. The summed E-state index contributed by atoms with van der Waals surface area (Å²) in [6.07, 6.45) is 0.497. The molecule has 1 heterocycles. The first-order valence-corrected chi connectivity index (χ1v) is 8.56. The number of ether oxygens (including phenoxy) is 2. The minimum Gasteiger partial charge on any atom is -0.465 e. The van der Waals surface area contributed by atoms with Crippen molar-refractivity contribution in [3.63, 3.8) is 0 Å². The third kappa shape index (κ3) is 4.01. The van der Waals surface area contributed by atoms with Crippen molar-refractivity contribution < 1.29 is 28.3 Å². The third-order valence-electron chi connectivity index (χ3n) is 4.07. The molecule has 144 valence electrons. The second-order valence-electron chi connectivity index (χ2n) is 5.86. The number of hydrogen-bond donors (Lipinski definition) is 1. The Kier molecular flexibility index (Phi) is 5.69. The van der Waals surface area contributed by atoms with E-state index in [0.717, 1.165) is 0 Å². The highest BCUT2D eigenvalue weighted by Gasteiger charge is 2.24. The van der Waals surface area contributed by atoms with E-state index >= 15 is 0 Å². The van der Waals surface area contributed by atoms with Gasteiger partial charge in [0.25, 0.3) is 5.91 Å². The molecule has 3 rings (SSSR count). The summed E-state index contributed by atoms with van der Waals surface area (Å²) in [5.74, 6) is -1.79. The van der Waals surface area contributed by atoms with Crippen LogP contribution in [0.15, 0.2) is 53.3 Å². The number of methoxy groups -OCH3 is 1. The number of carbonyl (C=O) groups is 3. The largest absolute Gasteiger partial charge is 0.465 e. The zero-order valence-corrected chi connectivity index (χ0v) is 15.3. The Morgan fingerprint density at radius 3 is 2.68 bits per heavy atom. The third-order valence-corrected chi connectivity index (χ3v) is 4.07. The van der Waals surface area contributed by atoms with Crippen molar-refractivity contribution in [2.45, 2.75) is 19.4 Å². The summed E-state index contributed by atoms with van der Waals surface area (Å²) in [4.78, 5) is 40.8. The van der Waals surface area contributed by atoms with E-state index in [9.17, 15) is 14.4 Å². The highest BCUT2D eigenvalue weighted by molar-refractivity contribution is 6.03. The number of oxazole rings is 1. The van der Waals surface area contributed by atoms with Gasteiger partial charge in [-0.1, -0.05) is 19.1 Å². The van der Waals surface area contributed by atoms with E-state index in [1.807, 2.05) is 0 Å². The Labute approximate surface area is 160 Å². The van der Waals surface area contributed by atoms with Crippen molar-refractivity contribution in [1.29, 1.82) is 0 Å². The molecule has 8 nitrogen and oxygen atoms in total. The van der Waals surface area contributed by atoms with Crippen LogP contribution in [0.2, 0.25) is 0 Å². The van der Waals surface area contributed by atoms with Crippen LogP contribution in [-0.2, 0) is 14.3 Å². The van der Waals surface area contributed by atoms with Gasteiger partial charge in [0, 0.05) is 0 Å². The van der Waals surface area contributed by atoms with Crippen LogP contribution in [0.4, 0.5) is 5.69 Å². The molecule has 0 aliphatic rings. The fraction of sp³-hybridized carbons (Fsp3) is 0.200. The molecular weight excluding hydrogens is 364 g/mol. The fourth-order valence-electron chi connectivity index (χ4n) is 2.60. The van der Waals surface area contributed by atoms with E-state index in [-0.39, 0.29) is 23.2 Å². The van der Waals surface area contributed by atoms with Crippen molar-refractivity contribution in [2.24, 2.45) is 0 Å². The van der Waals surface area contributed by atoms with Crippen LogP contribution in [0.25, 0.3) is 11.1 Å². The molecule has 0 aliphatic carbocycles. The Balaban J connectivity index is 1.73. The van der Waals surface area contributed by atoms with Gasteiger partial charge in [0.15, 0.2) is 18.1 Å². The molecule has 3 aromatic rings. The summed E-state index contributed by atoms with van der Waals surface area (Å²) in [6, 6.07) is 11.1. The SMILES string of the molecule is CCC(OC(=O)c1ccc2ocnc2c1)C(=O)Nc1ccccc1C(=O)OC. The molecule has 0 aliphatic heterocycles. The van der Waals surface area contributed by atoms with Gasteiger partial charge in [0.1, 0.15) is 5.52 Å². The van der Waals surface area contributed by atoms with Gasteiger partial charge in [0.05, 0.1) is 23.9 Å². The van der Waals surface area contributed by atoms with Gasteiger partial charge in [0.2, 0.25) is 0 Å². The number of aromatic nitrogens is 1. The number of carbonyl (C=O) groups excluding carboxylic acids is 3. The summed E-state index contributed by atoms with van der Waals surface area (Å²) in [7, 11) is 1.25. The molecule has 0 saturated heterocycles. The molecule has 0 bridgehead atoms. The molecule has 2 aromatic carbocycles. The highest BCUT2D eigenvalue weighted by atomic mass is 16.5. The molecule has 28 heavy (non-hydrogen) atoms. The lowest BCUT2D eigenvalue weighted by atomic mass is 10.1. The van der Waals surface area contributed by atoms with E-state index < -0.39 is 23.9 Å². The quantitative estimate of drug-likeness (QED) is 0.652. The zero-order chi connectivity index (χ0) is 20.1. The van der Waals surface area contributed by atoms with E-state index in [0.29, 0.717) is 11.1 Å². The van der Waals surface area contributed by atoms with Crippen LogP contribution in [0, 0.1) is 0 Å². The van der Waals surface area contributed by atoms with Crippen molar-refractivity contribution in [1.82, 2.24) is 4.98 Å². The number of hydrogen-bond acceptors (Lipinski definition) is 7. The number of benzene rings is 2. The van der Waals surface area contributed by atoms with Crippen LogP contribution in [0.3, 0.4) is 0 Å². The normalized spacial score (nSPS) is 11.6. The van der Waals surface area contributed by atoms with Gasteiger partial charge < -0.3 is 19.2 Å². The van der Waals surface area contributed by atoms with Crippen molar-refractivity contribution >= 4 is 34.6 Å². The number of para-hydroxylation sites is 1. The summed E-state index contributed by atoms with van der Waals surface area (Å²) < 4.78 is 15.2. The van der Waals surface area contributed by atoms with Crippen LogP contribution >= 0.6 is 0 Å². The molecule has 1 aromatic heterocycles. The fourth-order valence-corrected chi connectivity index (χ4v) is 2.60. The first kappa shape index (κ1) is 19.1. The smallest absolute Gasteiger partial charge is 0.339 e. The van der Waals surface area contributed by atoms with Gasteiger partial charge in [-0.25, -0.2) is 14.6 Å². The number of anilines is 1. The monoisotopic (exact) mass is 382 g/mol. The van der Waals surface area contributed by atoms with Crippen LogP contribution < -0.4 is 5.32 Å². The standard InChI is InChI=1S/C20H18N2O6/c1-3-16(18(23)22-14-7-5-4-6-13(14)20(25)26-2)28-19(24)12-8-9-17-15(10-12)21-11-27-17/h4-11,16H,3H2,1-2H3,(H,22,23). The van der Waals surface area contributed by atoms with Crippen LogP contribution in [-0.4, -0.2) is 36.0 Å². The van der Waals surface area contributed by atoms with E-state index in [2.05, 4.69) is 10.3 Å². The van der Waals surface area contributed by atoms with Crippen LogP contribution in [0.1, 0.15) is 34.1 Å². The van der Waals surface area contributed by atoms with Crippen molar-refractivity contribution in [2.75, 3.05) is 12.4 Å². The number of rotatable bonds is 6. The van der Waals surface area contributed by atoms with Gasteiger partial charge in [-0.2, -0.15) is 0 Å². The minimum atomic E-state index is -1.04. The molecule has 1 atom stereocenters. The van der Waals surface area contributed by atoms with Crippen molar-refractivity contribution in [3.05, 3.63) is 60.0 Å². The maximum absolute atomic E-state index is 12.6. The Morgan fingerprint density at radius 1 is 1.14 bits per heavy atom. The van der Waals surface area contributed by atoms with Crippen LogP contribution in [0.5, 0.6) is 0 Å². The van der Waals surface area contributed by atoms with Gasteiger partial charge >= 0.3 is 11.9 Å². The number of amides is 1. The summed E-state index contributed by atoms with van der Waals surface area (Å²) in [6.45, 7) is 1.71. The second kappa shape index (κ2) is 8.34. The summed E-state index contributed by atoms with van der Waals surface area (Å²) in [5.41, 5.74) is 1.79. The van der Waals surface area contributed by atoms with Gasteiger partial charge in [-0.05, 0) is 36.8 Å². The number of nitrogens with one attached hydrogen (secondary N) is 1. The van der Waals surface area contributed by atoms with E-state index in [1.165, 1.54) is 31.7 Å². The summed E-state index contributed by atoms with van der Waals surface area (Å²) >= 11 is 0.